The molecule has 2 aliphatic rings. The molecule has 0 saturated carbocycles. The van der Waals surface area contributed by atoms with Crippen molar-refractivity contribution in [1.82, 2.24) is 14.1 Å². The number of imidazole rings is 1. The van der Waals surface area contributed by atoms with Gasteiger partial charge in [0.15, 0.2) is 14.0 Å². The molecule has 0 N–H and O–H groups in total. The molecule has 0 bridgehead atoms. The summed E-state index contributed by atoms with van der Waals surface area (Å²) < 4.78 is 17.1. The van der Waals surface area contributed by atoms with Gasteiger partial charge in [0, 0.05) is 28.8 Å². The number of fused-ring (bicyclic) bond motifs is 1. The predicted molar refractivity (Wildman–Crippen MR) is 131 cm³/mol. The number of rotatable bonds is 5. The molecule has 1 fully saturated rings. The van der Waals surface area contributed by atoms with Crippen LogP contribution in [0, 0.1) is 5.92 Å². The van der Waals surface area contributed by atoms with Crippen LogP contribution in [0.4, 0.5) is 0 Å². The number of hydrogen-bond donors (Lipinski definition) is 0. The molecule has 31 heavy (non-hydrogen) atoms. The molecule has 0 aromatic carbocycles. The van der Waals surface area contributed by atoms with Gasteiger partial charge in [0.05, 0.1) is 24.8 Å². The molecule has 1 aliphatic heterocycles. The summed E-state index contributed by atoms with van der Waals surface area (Å²) in [5.41, 5.74) is 2.67. The predicted octanol–water partition coefficient (Wildman–Crippen LogP) is 5.41. The zero-order valence-electron chi connectivity index (χ0n) is 19.3. The summed E-state index contributed by atoms with van der Waals surface area (Å²) in [5.74, 6) is 0.144. The van der Waals surface area contributed by atoms with Gasteiger partial charge in [-0.1, -0.05) is 26.8 Å². The number of allylic oxidation sites excluding steroid dienone is 2. The summed E-state index contributed by atoms with van der Waals surface area (Å²) in [6.45, 7) is 13.1. The number of nitrogens with zero attached hydrogens (tertiary/aromatic N) is 3. The fraction of sp³-hybridized carbons (Fsp3) is 0.652. The van der Waals surface area contributed by atoms with E-state index in [9.17, 15) is 4.79 Å². The molecule has 0 radical (unpaired) electrons. The van der Waals surface area contributed by atoms with E-state index in [4.69, 9.17) is 9.16 Å². The number of ether oxygens (including phenoxy) is 1. The van der Waals surface area contributed by atoms with Crippen LogP contribution >= 0.6 is 15.9 Å². The van der Waals surface area contributed by atoms with Crippen molar-refractivity contribution in [2.24, 2.45) is 5.92 Å². The Bertz CT molecular complexity index is 1050. The lowest BCUT2D eigenvalue weighted by molar-refractivity contribution is 0.122. The second kappa shape index (κ2) is 8.61. The van der Waals surface area contributed by atoms with Crippen LogP contribution in [0.5, 0.6) is 0 Å². The molecule has 170 valence electrons. The highest BCUT2D eigenvalue weighted by Gasteiger charge is 2.42. The van der Waals surface area contributed by atoms with E-state index >= 15 is 0 Å². The third-order valence-electron chi connectivity index (χ3n) is 7.10. The molecule has 2 aromatic heterocycles. The van der Waals surface area contributed by atoms with Gasteiger partial charge in [-0.25, -0.2) is 14.3 Å². The lowest BCUT2D eigenvalue weighted by Gasteiger charge is -2.39. The lowest BCUT2D eigenvalue weighted by atomic mass is 10.0. The van der Waals surface area contributed by atoms with E-state index in [1.807, 2.05) is 15.2 Å². The summed E-state index contributed by atoms with van der Waals surface area (Å²) in [6.07, 6.45) is 8.21. The van der Waals surface area contributed by atoms with Crippen LogP contribution in [0.2, 0.25) is 18.1 Å². The van der Waals surface area contributed by atoms with Crippen LogP contribution in [0.15, 0.2) is 27.6 Å². The molecule has 2 aromatic rings. The molecule has 1 aliphatic carbocycles. The Balaban J connectivity index is 1.70. The summed E-state index contributed by atoms with van der Waals surface area (Å²) >= 11 is 3.54. The maximum atomic E-state index is 13.6. The third-order valence-corrected chi connectivity index (χ3v) is 12.0. The highest BCUT2D eigenvalue weighted by Crippen LogP contribution is 2.39. The second-order valence-electron chi connectivity index (χ2n) is 10.4. The molecule has 8 heteroatoms. The van der Waals surface area contributed by atoms with Crippen LogP contribution in [-0.4, -0.2) is 41.8 Å². The van der Waals surface area contributed by atoms with E-state index in [1.165, 1.54) is 6.42 Å². The highest BCUT2D eigenvalue weighted by atomic mass is 79.9. The third kappa shape index (κ3) is 4.49. The number of aromatic nitrogens is 3. The van der Waals surface area contributed by atoms with E-state index in [0.29, 0.717) is 19.8 Å². The quantitative estimate of drug-likeness (QED) is 0.507. The monoisotopic (exact) mass is 507 g/mol. The van der Waals surface area contributed by atoms with Crippen molar-refractivity contribution in [3.63, 3.8) is 0 Å². The standard InChI is InChI=1S/C23H34BrN3O3Si/c1-23(2,3)31(4,5)30-20-15-29-14-16(20)13-26-19-11-17(24)12-25-21(19)27(22(26)28)18-9-7-6-8-10-18/h9,11-12,16,20H,6-8,10,13-15H2,1-5H3/t16-,20-/m0/s1. The first-order valence-electron chi connectivity index (χ1n) is 11.3. The average molecular weight is 509 g/mol. The molecular weight excluding hydrogens is 474 g/mol. The molecule has 0 unspecified atom stereocenters. The van der Waals surface area contributed by atoms with Crippen LogP contribution in [-0.2, 0) is 15.7 Å². The van der Waals surface area contributed by atoms with Gasteiger partial charge in [-0.05, 0) is 65.8 Å². The smallest absolute Gasteiger partial charge is 0.334 e. The molecule has 6 nitrogen and oxygen atoms in total. The Morgan fingerprint density at radius 1 is 1.29 bits per heavy atom. The van der Waals surface area contributed by atoms with Gasteiger partial charge in [-0.2, -0.15) is 0 Å². The maximum absolute atomic E-state index is 13.6. The molecule has 2 atom stereocenters. The van der Waals surface area contributed by atoms with E-state index in [2.05, 4.69) is 60.9 Å². The largest absolute Gasteiger partial charge is 0.411 e. The second-order valence-corrected chi connectivity index (χ2v) is 16.1. The first-order valence-corrected chi connectivity index (χ1v) is 15.0. The van der Waals surface area contributed by atoms with E-state index in [0.717, 1.165) is 40.6 Å². The van der Waals surface area contributed by atoms with Gasteiger partial charge in [0.25, 0.3) is 0 Å². The highest BCUT2D eigenvalue weighted by molar-refractivity contribution is 9.10. The van der Waals surface area contributed by atoms with Crippen molar-refractivity contribution >= 4 is 41.1 Å². The molecule has 0 spiro atoms. The van der Waals surface area contributed by atoms with Gasteiger partial charge in [0.2, 0.25) is 0 Å². The number of hydrogen-bond acceptors (Lipinski definition) is 4. The Morgan fingerprint density at radius 3 is 2.74 bits per heavy atom. The molecule has 4 rings (SSSR count). The number of pyridine rings is 1. The van der Waals surface area contributed by atoms with Crippen LogP contribution in [0.1, 0.15) is 46.5 Å². The Kier molecular flexibility index (Phi) is 6.38. The van der Waals surface area contributed by atoms with E-state index in [1.54, 1.807) is 6.20 Å². The van der Waals surface area contributed by atoms with E-state index < -0.39 is 8.32 Å². The summed E-state index contributed by atoms with van der Waals surface area (Å²) in [7, 11) is -1.93. The van der Waals surface area contributed by atoms with Crippen molar-refractivity contribution in [2.75, 3.05) is 13.2 Å². The summed E-state index contributed by atoms with van der Waals surface area (Å²) in [4.78, 5) is 18.2. The molecule has 1 saturated heterocycles. The minimum atomic E-state index is -1.93. The molecule has 0 amide bonds. The SMILES string of the molecule is CC(C)(C)[Si](C)(C)O[C@H]1COC[C@@H]1Cn1c(=O)n(C2=CCCCC2)c2ncc(Br)cc21. The molecular formula is C23H34BrN3O3Si. The van der Waals surface area contributed by atoms with Crippen molar-refractivity contribution in [3.05, 3.63) is 33.3 Å². The van der Waals surface area contributed by atoms with Gasteiger partial charge in [0.1, 0.15) is 0 Å². The van der Waals surface area contributed by atoms with Crippen LogP contribution in [0.3, 0.4) is 0 Å². The normalized spacial score (nSPS) is 22.8. The topological polar surface area (TPSA) is 58.3 Å². The number of halogens is 1. The lowest BCUT2D eigenvalue weighted by Crippen LogP contribution is -2.46. The fourth-order valence-corrected chi connectivity index (χ4v) is 5.93. The van der Waals surface area contributed by atoms with Crippen molar-refractivity contribution < 1.29 is 9.16 Å². The Hall–Kier alpha value is -1.22. The van der Waals surface area contributed by atoms with Crippen molar-refractivity contribution in [3.8, 4) is 0 Å². The Morgan fingerprint density at radius 2 is 2.06 bits per heavy atom. The van der Waals surface area contributed by atoms with Crippen molar-refractivity contribution in [1.29, 1.82) is 0 Å². The van der Waals surface area contributed by atoms with Gasteiger partial charge in [-0.3, -0.25) is 4.57 Å². The van der Waals surface area contributed by atoms with Gasteiger partial charge >= 0.3 is 5.69 Å². The Labute approximate surface area is 193 Å². The first-order chi connectivity index (χ1) is 14.6. The minimum Gasteiger partial charge on any atom is -0.411 e. The molecule has 3 heterocycles. The average Bonchev–Trinajstić information content (AvgIpc) is 3.24. The van der Waals surface area contributed by atoms with Gasteiger partial charge in [-0.15, -0.1) is 0 Å². The van der Waals surface area contributed by atoms with Crippen LogP contribution < -0.4 is 5.69 Å². The van der Waals surface area contributed by atoms with E-state index in [-0.39, 0.29) is 22.7 Å². The van der Waals surface area contributed by atoms with Crippen molar-refractivity contribution in [2.45, 2.75) is 77.2 Å². The van der Waals surface area contributed by atoms with Crippen LogP contribution in [0.25, 0.3) is 16.9 Å². The summed E-state index contributed by atoms with van der Waals surface area (Å²) in [5, 5.41) is 0.134. The first kappa shape index (κ1) is 23.0. The van der Waals surface area contributed by atoms with Gasteiger partial charge < -0.3 is 9.16 Å². The zero-order valence-corrected chi connectivity index (χ0v) is 21.9. The summed E-state index contributed by atoms with van der Waals surface area (Å²) in [6, 6.07) is 2.00. The fourth-order valence-electron chi connectivity index (χ4n) is 4.24. The zero-order chi connectivity index (χ0) is 22.4. The minimum absolute atomic E-state index is 0.00766. The maximum Gasteiger partial charge on any atom is 0.334 e.